The number of ether oxygens (including phenoxy) is 1. The largest absolute Gasteiger partial charge is 1.00 e. The maximum absolute atomic E-state index is 11.0. The third kappa shape index (κ3) is 64.7. The van der Waals surface area contributed by atoms with Crippen LogP contribution in [-0.4, -0.2) is 116 Å². The molecule has 7 rings (SSSR count). The van der Waals surface area contributed by atoms with Gasteiger partial charge >= 0.3 is 109 Å². The van der Waals surface area contributed by atoms with Gasteiger partial charge in [0.15, 0.2) is 5.78 Å². The summed E-state index contributed by atoms with van der Waals surface area (Å²) in [7, 11) is 23.5. The van der Waals surface area contributed by atoms with Crippen molar-refractivity contribution < 1.29 is 119 Å². The van der Waals surface area contributed by atoms with Crippen molar-refractivity contribution in [2.75, 3.05) is 61.8 Å². The fourth-order valence-corrected chi connectivity index (χ4v) is 10.2. The van der Waals surface area contributed by atoms with E-state index in [1.54, 1.807) is 56.7 Å². The van der Waals surface area contributed by atoms with Crippen LogP contribution in [0, 0.1) is 0 Å². The number of hydrogen-bond donors (Lipinski definition) is 6. The number of rotatable bonds is 18. The van der Waals surface area contributed by atoms with Crippen molar-refractivity contribution in [3.63, 3.8) is 0 Å². The minimum atomic E-state index is -3.29. The molecule has 78 heavy (non-hydrogen) atoms. The number of halogens is 11. The first-order chi connectivity index (χ1) is 35.5. The molecule has 4 unspecified atom stereocenters. The molecule has 1 aliphatic rings. The zero-order valence-electron chi connectivity index (χ0n) is 44.9. The fraction of sp³-hybridized carbons (Fsp3) is 0.458. The molecule has 435 valence electrons. The summed E-state index contributed by atoms with van der Waals surface area (Å²) in [6.07, 6.45) is 4.95. The molecule has 9 nitrogen and oxygen atoms in total. The molecule has 30 heteroatoms. The van der Waals surface area contributed by atoms with Crippen molar-refractivity contribution in [1.29, 1.82) is 0 Å². The van der Waals surface area contributed by atoms with E-state index in [1.807, 2.05) is 118 Å². The minimum Gasteiger partial charge on any atom is -1.00 e. The van der Waals surface area contributed by atoms with E-state index >= 15 is 0 Å². The summed E-state index contributed by atoms with van der Waals surface area (Å²) < 4.78 is 5.96. The van der Waals surface area contributed by atoms with Gasteiger partial charge in [0.1, 0.15) is 0 Å². The second-order valence-electron chi connectivity index (χ2n) is 13.6. The van der Waals surface area contributed by atoms with Crippen molar-refractivity contribution in [3.8, 4) is 0 Å². The molecule has 1 aliphatic heterocycles. The number of carbonyl (C=O) groups is 2. The summed E-state index contributed by atoms with van der Waals surface area (Å²) in [5, 5.41) is 54.1. The predicted octanol–water partition coefficient (Wildman–Crippen LogP) is 8.00. The van der Waals surface area contributed by atoms with Gasteiger partial charge in [-0.25, -0.2) is 0 Å². The molecular weight excluding hydrogens is 1660 g/mol. The first-order valence-electron chi connectivity index (χ1n) is 22.4. The van der Waals surface area contributed by atoms with Crippen LogP contribution in [0.3, 0.4) is 0 Å². The first kappa shape index (κ1) is 95.8. The van der Waals surface area contributed by atoms with E-state index in [-0.39, 0.29) is 135 Å². The zero-order chi connectivity index (χ0) is 56.3. The molecule has 1 fully saturated rings. The number of carbonyl (C=O) groups excluding carboxylic acids is 2. The van der Waals surface area contributed by atoms with E-state index < -0.39 is 13.9 Å². The van der Waals surface area contributed by atoms with E-state index in [0.717, 1.165) is 61.4 Å². The summed E-state index contributed by atoms with van der Waals surface area (Å²) in [6.45, 7) is 2.86. The Morgan fingerprint density at radius 1 is 0.615 bits per heavy atom. The summed E-state index contributed by atoms with van der Waals surface area (Å²) in [5.74, 6) is 1.90. The Labute approximate surface area is 610 Å². The van der Waals surface area contributed by atoms with Crippen molar-refractivity contribution >= 4 is 218 Å². The summed E-state index contributed by atoms with van der Waals surface area (Å²) in [6, 6.07) is 23.3. The van der Waals surface area contributed by atoms with Crippen molar-refractivity contribution in [2.45, 2.75) is 75.8 Å². The SMILES string of the molecule is C1CCOC1.CN.CNCCC(O)c1cccs1.O=C(CCCl)c1cccs1.O=C(Cl)CCCl.OC(CCCl)c1cccs1.OC(CCCl)c1cccs1.OC(CCI)c1cccs1.[B].[Cl][Sn]([Cl])([Cl])[Cl].[H-].[I-].[Na+].[Na+].c1ccsc1. The van der Waals surface area contributed by atoms with Crippen LogP contribution >= 0.6 is 184 Å². The van der Waals surface area contributed by atoms with Gasteiger partial charge in [-0.05, 0) is 139 Å². The number of Topliss-reactive ketones (excluding diaryl/α,β-unsaturated/α-hetero) is 1. The molecule has 0 aromatic carbocycles. The maximum Gasteiger partial charge on any atom is 1.00 e. The monoisotopic (exact) mass is 1720 g/mol. The van der Waals surface area contributed by atoms with Gasteiger partial charge in [0.2, 0.25) is 5.24 Å². The van der Waals surface area contributed by atoms with Crippen LogP contribution in [0.4, 0.5) is 0 Å². The minimum absolute atomic E-state index is 0. The smallest absolute Gasteiger partial charge is 1.00 e. The maximum atomic E-state index is 11.0. The molecule has 6 aromatic rings. The second kappa shape index (κ2) is 70.3. The van der Waals surface area contributed by atoms with Crippen molar-refractivity contribution in [2.24, 2.45) is 5.73 Å². The van der Waals surface area contributed by atoms with E-state index in [1.165, 1.54) is 31.2 Å². The quantitative estimate of drug-likeness (QED) is 0.0165. The molecule has 0 amide bonds. The summed E-state index contributed by atoms with van der Waals surface area (Å²) >= 11 is 34.8. The zero-order valence-corrected chi connectivity index (χ0v) is 66.7. The molecule has 0 aliphatic carbocycles. The average Bonchev–Trinajstić information content (AvgIpc) is 4.25. The Balaban J connectivity index is -0.000000120. The Morgan fingerprint density at radius 3 is 1.18 bits per heavy atom. The normalized spacial score (nSPS) is 11.8. The van der Waals surface area contributed by atoms with Crippen molar-refractivity contribution in [1.82, 2.24) is 5.32 Å². The van der Waals surface area contributed by atoms with E-state index in [9.17, 15) is 30.0 Å². The Bertz CT molecular complexity index is 1880. The number of aliphatic hydroxyl groups excluding tert-OH is 4. The van der Waals surface area contributed by atoms with Crippen LogP contribution in [0.2, 0.25) is 0 Å². The topological polar surface area (TPSA) is 162 Å². The standard InChI is InChI=1S/C8H13NOS.2C7H9ClOS.C7H7ClOS.C7H9IOS.C4H8O.C4H4S.C3H4Cl2O.CH5N.B.4ClH.HI.2Na.Sn.H/c1-9-5-4-7(10)8-3-2-6-11-8;4*8-4-3-6(9)7-2-1-5-10-7;2*1-2-4-5-3-1;4-2-1-3(5)6;1-2;;;;;;;;;;/h2-3,6-7,9-10H,4-5H2,1H3;2*1-2,5-6,9H,3-4H2;1-2,5H,3-4H2;1-2,5-6,9H,3-4H2;1-4H2;1-4H;1-2H2;2H2,1H3;;5*1H;;;;/q;;;;;;;;;;;;;;;2*+1;+4;-1/p-5. The number of aliphatic hydroxyl groups is 4. The number of ketones is 1. The molecule has 0 saturated carbocycles. The van der Waals surface area contributed by atoms with Gasteiger partial charge in [-0.2, -0.15) is 11.3 Å². The van der Waals surface area contributed by atoms with Gasteiger partial charge in [0, 0.05) is 81.9 Å². The molecule has 4 atom stereocenters. The fourth-order valence-electron chi connectivity index (χ4n) is 4.54. The molecule has 1 saturated heterocycles. The number of nitrogens with two attached hydrogens (primary N) is 1. The van der Waals surface area contributed by atoms with Crippen LogP contribution in [0.1, 0.15) is 106 Å². The van der Waals surface area contributed by atoms with Gasteiger partial charge in [-0.1, -0.05) is 65.1 Å². The van der Waals surface area contributed by atoms with Gasteiger partial charge in [0.25, 0.3) is 0 Å². The Kier molecular flexibility index (Phi) is 86.4. The predicted molar refractivity (Wildman–Crippen MR) is 351 cm³/mol. The number of nitrogens with one attached hydrogen (secondary N) is 1. The van der Waals surface area contributed by atoms with Crippen LogP contribution in [0.15, 0.2) is 110 Å². The number of alkyl halides is 5. The summed E-state index contributed by atoms with van der Waals surface area (Å²) in [4.78, 5) is 25.7. The van der Waals surface area contributed by atoms with Crippen LogP contribution in [0.5, 0.6) is 0 Å². The average molecular weight is 1730 g/mol. The van der Waals surface area contributed by atoms with Crippen LogP contribution in [-0.2, 0) is 9.53 Å². The number of hydrogen-bond acceptors (Lipinski definition) is 15. The van der Waals surface area contributed by atoms with E-state index in [4.69, 9.17) is 98.4 Å². The van der Waals surface area contributed by atoms with E-state index in [0.29, 0.717) is 42.8 Å². The number of thiophene rings is 6. The molecule has 7 heterocycles. The van der Waals surface area contributed by atoms with Crippen LogP contribution in [0.25, 0.3) is 0 Å². The van der Waals surface area contributed by atoms with E-state index in [2.05, 4.69) is 33.6 Å². The molecule has 6 aromatic heterocycles. The molecule has 0 bridgehead atoms. The first-order valence-corrected chi connectivity index (χ1v) is 46.3. The van der Waals surface area contributed by atoms with Gasteiger partial charge < -0.3 is 61.6 Å². The van der Waals surface area contributed by atoms with Crippen LogP contribution < -0.4 is 94.1 Å². The molecular formula is C48H69BCl9I2N2Na2O7S6Sn. The summed E-state index contributed by atoms with van der Waals surface area (Å²) in [5.41, 5.74) is 4.50. The Morgan fingerprint density at radius 2 is 0.962 bits per heavy atom. The van der Waals surface area contributed by atoms with Gasteiger partial charge in [0.05, 0.1) is 29.3 Å². The van der Waals surface area contributed by atoms with Gasteiger partial charge in [-0.15, -0.1) is 103 Å². The molecule has 0 spiro atoms. The molecule has 3 radical (unpaired) electrons. The molecule has 7 N–H and O–H groups in total. The van der Waals surface area contributed by atoms with Crippen molar-refractivity contribution in [3.05, 3.63) is 135 Å². The third-order valence-corrected chi connectivity index (χ3v) is 15.0. The Hall–Kier alpha value is 4.19. The second-order valence-corrected chi connectivity index (χ2v) is 47.8. The van der Waals surface area contributed by atoms with Gasteiger partial charge in [-0.3, -0.25) is 9.59 Å². The third-order valence-electron chi connectivity index (χ3n) is 7.96.